The number of thioether (sulfide) groups is 1. The molecular formula is C28H48N2O3S. The average molecular weight is 493 g/mol. The van der Waals surface area contributed by atoms with E-state index in [4.69, 9.17) is 9.47 Å². The van der Waals surface area contributed by atoms with E-state index in [0.717, 1.165) is 30.0 Å². The minimum atomic E-state index is -0.144. The summed E-state index contributed by atoms with van der Waals surface area (Å²) in [6.45, 7) is 3.06. The lowest BCUT2D eigenvalue weighted by atomic mass is 10.0. The first kappa shape index (κ1) is 28.8. The number of hydrogen-bond donors (Lipinski definition) is 2. The van der Waals surface area contributed by atoms with Gasteiger partial charge in [-0.15, -0.1) is 11.8 Å². The van der Waals surface area contributed by atoms with Crippen LogP contribution in [-0.4, -0.2) is 38.5 Å². The van der Waals surface area contributed by atoms with Crippen molar-refractivity contribution in [2.75, 3.05) is 26.5 Å². The standard InChI is InChI=1S/C28H48N2O3S/c1-4-5-6-7-8-9-10-11-12-13-14-15-16-17-20-29-27(31)24-22-34-28(30-24)23-18-19-25(32-2)26(21-23)33-3/h18-19,21,24,28,30H,4-17,20,22H2,1-3H3,(H,29,31)/t24-,28?/m0/s1. The van der Waals surface area contributed by atoms with Crippen LogP contribution in [0.1, 0.15) is 108 Å². The summed E-state index contributed by atoms with van der Waals surface area (Å²) in [5, 5.41) is 6.67. The second-order valence-corrected chi connectivity index (χ2v) is 10.6. The molecule has 1 amide bonds. The van der Waals surface area contributed by atoms with E-state index >= 15 is 0 Å². The molecule has 1 aromatic carbocycles. The van der Waals surface area contributed by atoms with Gasteiger partial charge in [0.25, 0.3) is 0 Å². The van der Waals surface area contributed by atoms with Crippen LogP contribution in [0.25, 0.3) is 0 Å². The maximum atomic E-state index is 12.5. The zero-order chi connectivity index (χ0) is 24.4. The van der Waals surface area contributed by atoms with E-state index in [1.54, 1.807) is 26.0 Å². The number of rotatable bonds is 19. The van der Waals surface area contributed by atoms with Crippen molar-refractivity contribution in [2.45, 2.75) is 108 Å². The Morgan fingerprint density at radius 3 is 2.00 bits per heavy atom. The lowest BCUT2D eigenvalue weighted by molar-refractivity contribution is -0.122. The largest absolute Gasteiger partial charge is 0.493 e. The highest BCUT2D eigenvalue weighted by Gasteiger charge is 2.30. The maximum absolute atomic E-state index is 12.5. The van der Waals surface area contributed by atoms with Gasteiger partial charge >= 0.3 is 0 Å². The summed E-state index contributed by atoms with van der Waals surface area (Å²) in [5.41, 5.74) is 1.10. The highest BCUT2D eigenvalue weighted by atomic mass is 32.2. The summed E-state index contributed by atoms with van der Waals surface area (Å²) in [6, 6.07) is 5.79. The Balaban J connectivity index is 1.46. The molecule has 0 aliphatic carbocycles. The van der Waals surface area contributed by atoms with Gasteiger partial charge in [-0.25, -0.2) is 0 Å². The van der Waals surface area contributed by atoms with Crippen molar-refractivity contribution in [1.82, 2.24) is 10.6 Å². The third-order valence-electron chi connectivity index (χ3n) is 6.64. The van der Waals surface area contributed by atoms with Crippen molar-refractivity contribution in [3.05, 3.63) is 23.8 Å². The van der Waals surface area contributed by atoms with Gasteiger partial charge in [-0.2, -0.15) is 0 Å². The van der Waals surface area contributed by atoms with Gasteiger partial charge in [0, 0.05) is 12.3 Å². The molecular weight excluding hydrogens is 444 g/mol. The van der Waals surface area contributed by atoms with Gasteiger partial charge in [0.2, 0.25) is 5.91 Å². The van der Waals surface area contributed by atoms with Crippen molar-refractivity contribution in [1.29, 1.82) is 0 Å². The molecule has 34 heavy (non-hydrogen) atoms. The van der Waals surface area contributed by atoms with Crippen molar-refractivity contribution in [3.63, 3.8) is 0 Å². The number of nitrogens with one attached hydrogen (secondary N) is 2. The minimum Gasteiger partial charge on any atom is -0.493 e. The highest BCUT2D eigenvalue weighted by Crippen LogP contribution is 2.37. The molecule has 5 nitrogen and oxygen atoms in total. The van der Waals surface area contributed by atoms with Crippen LogP contribution in [0.15, 0.2) is 18.2 Å². The van der Waals surface area contributed by atoms with E-state index in [9.17, 15) is 4.79 Å². The minimum absolute atomic E-state index is 0.0941. The van der Waals surface area contributed by atoms with Crippen LogP contribution in [0.3, 0.4) is 0 Å². The monoisotopic (exact) mass is 492 g/mol. The molecule has 1 fully saturated rings. The number of carbonyl (C=O) groups is 1. The maximum Gasteiger partial charge on any atom is 0.238 e. The molecule has 6 heteroatoms. The van der Waals surface area contributed by atoms with Crippen molar-refractivity contribution >= 4 is 17.7 Å². The second-order valence-electron chi connectivity index (χ2n) is 9.43. The number of carbonyl (C=O) groups excluding carboxylic acids is 1. The van der Waals surface area contributed by atoms with Crippen LogP contribution in [0, 0.1) is 0 Å². The number of methoxy groups -OCH3 is 2. The zero-order valence-electron chi connectivity index (χ0n) is 21.8. The number of hydrogen-bond acceptors (Lipinski definition) is 5. The molecule has 194 valence electrons. The summed E-state index contributed by atoms with van der Waals surface area (Å²) in [4.78, 5) is 12.5. The van der Waals surface area contributed by atoms with Crippen LogP contribution in [-0.2, 0) is 4.79 Å². The SMILES string of the molecule is CCCCCCCCCCCCCCCCNC(=O)[C@@H]1CSC(c2ccc(OC)c(OC)c2)N1. The molecule has 1 aromatic rings. The van der Waals surface area contributed by atoms with E-state index in [1.807, 2.05) is 18.2 Å². The first-order valence-electron chi connectivity index (χ1n) is 13.6. The number of benzene rings is 1. The Labute approximate surface area is 212 Å². The van der Waals surface area contributed by atoms with Crippen LogP contribution in [0.2, 0.25) is 0 Å². The number of unbranched alkanes of at least 4 members (excludes halogenated alkanes) is 13. The first-order valence-corrected chi connectivity index (χ1v) is 14.6. The van der Waals surface area contributed by atoms with Crippen LogP contribution in [0.4, 0.5) is 0 Å². The van der Waals surface area contributed by atoms with Gasteiger partial charge in [0.15, 0.2) is 11.5 Å². The quantitative estimate of drug-likeness (QED) is 0.204. The Morgan fingerprint density at radius 2 is 1.44 bits per heavy atom. The first-order chi connectivity index (χ1) is 16.7. The lowest BCUT2D eigenvalue weighted by Gasteiger charge is -2.15. The molecule has 2 atom stereocenters. The van der Waals surface area contributed by atoms with Gasteiger partial charge in [0.05, 0.1) is 25.6 Å². The molecule has 1 aliphatic rings. The van der Waals surface area contributed by atoms with Gasteiger partial charge in [-0.3, -0.25) is 10.1 Å². The molecule has 1 heterocycles. The summed E-state index contributed by atoms with van der Waals surface area (Å²) >= 11 is 1.76. The van der Waals surface area contributed by atoms with E-state index in [1.165, 1.54) is 83.5 Å². The fourth-order valence-electron chi connectivity index (χ4n) is 4.49. The lowest BCUT2D eigenvalue weighted by Crippen LogP contribution is -2.42. The van der Waals surface area contributed by atoms with Crippen molar-refractivity contribution < 1.29 is 14.3 Å². The number of amides is 1. The van der Waals surface area contributed by atoms with E-state index in [0.29, 0.717) is 5.75 Å². The fraction of sp³-hybridized carbons (Fsp3) is 0.750. The third kappa shape index (κ3) is 10.9. The van der Waals surface area contributed by atoms with Gasteiger partial charge in [-0.1, -0.05) is 96.5 Å². The molecule has 0 radical (unpaired) electrons. The van der Waals surface area contributed by atoms with E-state index in [2.05, 4.69) is 17.6 Å². The highest BCUT2D eigenvalue weighted by molar-refractivity contribution is 7.99. The summed E-state index contributed by atoms with van der Waals surface area (Å²) in [7, 11) is 3.28. The average Bonchev–Trinajstić information content (AvgIpc) is 3.36. The Hall–Kier alpha value is -1.40. The van der Waals surface area contributed by atoms with Gasteiger partial charge < -0.3 is 14.8 Å². The normalized spacial score (nSPS) is 17.6. The molecule has 0 aromatic heterocycles. The molecule has 0 spiro atoms. The third-order valence-corrected chi connectivity index (χ3v) is 7.91. The van der Waals surface area contributed by atoms with E-state index in [-0.39, 0.29) is 17.3 Å². The van der Waals surface area contributed by atoms with Crippen LogP contribution >= 0.6 is 11.8 Å². The van der Waals surface area contributed by atoms with Crippen molar-refractivity contribution in [3.8, 4) is 11.5 Å². The zero-order valence-corrected chi connectivity index (χ0v) is 22.6. The predicted octanol–water partition coefficient (Wildman–Crippen LogP) is 7.00. The topological polar surface area (TPSA) is 59.6 Å². The van der Waals surface area contributed by atoms with Gasteiger partial charge in [0.1, 0.15) is 0 Å². The Morgan fingerprint density at radius 1 is 0.882 bits per heavy atom. The smallest absolute Gasteiger partial charge is 0.238 e. The Bertz CT molecular complexity index is 686. The van der Waals surface area contributed by atoms with Gasteiger partial charge in [-0.05, 0) is 24.1 Å². The number of ether oxygens (including phenoxy) is 2. The molecule has 1 aliphatic heterocycles. The summed E-state index contributed by atoms with van der Waals surface area (Å²) < 4.78 is 10.7. The predicted molar refractivity (Wildman–Crippen MR) is 145 cm³/mol. The second kappa shape index (κ2) is 18.0. The molecule has 2 N–H and O–H groups in total. The van der Waals surface area contributed by atoms with Crippen LogP contribution < -0.4 is 20.1 Å². The molecule has 0 bridgehead atoms. The molecule has 0 saturated carbocycles. The van der Waals surface area contributed by atoms with Crippen LogP contribution in [0.5, 0.6) is 11.5 Å². The van der Waals surface area contributed by atoms with Crippen molar-refractivity contribution in [2.24, 2.45) is 0 Å². The molecule has 2 rings (SSSR count). The summed E-state index contributed by atoms with van der Waals surface area (Å²) in [5.74, 6) is 2.33. The molecule has 1 saturated heterocycles. The Kier molecular flexibility index (Phi) is 15.2. The van der Waals surface area contributed by atoms with E-state index < -0.39 is 0 Å². The summed E-state index contributed by atoms with van der Waals surface area (Å²) in [6.07, 6.45) is 18.9. The molecule has 1 unspecified atom stereocenters. The fourth-order valence-corrected chi connectivity index (χ4v) is 5.72.